The zero-order valence-corrected chi connectivity index (χ0v) is 6.79. The molecule has 2 rings (SSSR count). The molecule has 1 heterocycles. The van der Waals surface area contributed by atoms with Crippen LogP contribution in [0.3, 0.4) is 0 Å². The first-order valence-electron chi connectivity index (χ1n) is 3.89. The van der Waals surface area contributed by atoms with Gasteiger partial charge in [0.2, 0.25) is 0 Å². The van der Waals surface area contributed by atoms with Gasteiger partial charge in [0.1, 0.15) is 18.5 Å². The van der Waals surface area contributed by atoms with Crippen LogP contribution in [0.1, 0.15) is 17.2 Å². The maximum Gasteiger partial charge on any atom is 0.327 e. The van der Waals surface area contributed by atoms with Crippen molar-refractivity contribution in [2.24, 2.45) is 5.73 Å². The zero-order chi connectivity index (χ0) is 9.42. The molecule has 0 amide bonds. The van der Waals surface area contributed by atoms with Crippen LogP contribution in [0.25, 0.3) is 0 Å². The van der Waals surface area contributed by atoms with E-state index in [1.54, 1.807) is 6.07 Å². The molecule has 1 aliphatic heterocycles. The highest BCUT2D eigenvalue weighted by atomic mass is 19.1. The monoisotopic (exact) mass is 181 g/mol. The number of rotatable bonds is 0. The molecule has 2 N–H and O–H groups in total. The second-order valence-electron chi connectivity index (χ2n) is 2.89. The Balaban J connectivity index is 2.55. The Kier molecular flexibility index (Phi) is 1.77. The van der Waals surface area contributed by atoms with Gasteiger partial charge < -0.3 is 10.5 Å². The first-order valence-corrected chi connectivity index (χ1v) is 3.89. The molecule has 0 saturated heterocycles. The Labute approximate surface area is 74.3 Å². The number of benzene rings is 1. The minimum absolute atomic E-state index is 0.0193. The highest BCUT2D eigenvalue weighted by Crippen LogP contribution is 2.25. The number of fused-ring (bicyclic) bond motifs is 1. The Morgan fingerprint density at radius 3 is 3.08 bits per heavy atom. The molecule has 0 unspecified atom stereocenters. The Morgan fingerprint density at radius 2 is 2.31 bits per heavy atom. The molecule has 0 bridgehead atoms. The Bertz CT molecular complexity index is 365. The van der Waals surface area contributed by atoms with Gasteiger partial charge in [0.05, 0.1) is 0 Å². The third kappa shape index (κ3) is 1.19. The molecule has 1 aromatic carbocycles. The van der Waals surface area contributed by atoms with E-state index in [4.69, 9.17) is 10.5 Å². The normalized spacial score (nSPS) is 20.8. The fourth-order valence-electron chi connectivity index (χ4n) is 1.38. The van der Waals surface area contributed by atoms with E-state index in [9.17, 15) is 9.18 Å². The first-order chi connectivity index (χ1) is 6.20. The van der Waals surface area contributed by atoms with E-state index in [1.165, 1.54) is 12.1 Å². The summed E-state index contributed by atoms with van der Waals surface area (Å²) in [5, 5.41) is 0. The molecule has 1 aromatic rings. The molecule has 0 saturated carbocycles. The lowest BCUT2D eigenvalue weighted by atomic mass is 9.99. The lowest BCUT2D eigenvalue weighted by Gasteiger charge is -2.21. The molecule has 0 aliphatic carbocycles. The summed E-state index contributed by atoms with van der Waals surface area (Å²) in [7, 11) is 0. The summed E-state index contributed by atoms with van der Waals surface area (Å²) in [6, 6.07) is 3.65. The van der Waals surface area contributed by atoms with Crippen molar-refractivity contribution in [2.75, 3.05) is 0 Å². The molecular weight excluding hydrogens is 173 g/mol. The highest BCUT2D eigenvalue weighted by Gasteiger charge is 2.27. The summed E-state index contributed by atoms with van der Waals surface area (Å²) in [5.74, 6) is -0.876. The summed E-state index contributed by atoms with van der Waals surface area (Å²) in [4.78, 5) is 11.0. The van der Waals surface area contributed by atoms with E-state index < -0.39 is 12.0 Å². The van der Waals surface area contributed by atoms with Crippen molar-refractivity contribution in [1.29, 1.82) is 0 Å². The molecule has 13 heavy (non-hydrogen) atoms. The topological polar surface area (TPSA) is 52.3 Å². The van der Waals surface area contributed by atoms with Gasteiger partial charge in [0, 0.05) is 5.56 Å². The van der Waals surface area contributed by atoms with Crippen LogP contribution in [0.5, 0.6) is 0 Å². The molecule has 0 spiro atoms. The lowest BCUT2D eigenvalue weighted by molar-refractivity contribution is -0.148. The van der Waals surface area contributed by atoms with Crippen molar-refractivity contribution >= 4 is 5.97 Å². The predicted octanol–water partition coefficient (Wildman–Crippen LogP) is 0.882. The van der Waals surface area contributed by atoms with Crippen molar-refractivity contribution in [3.05, 3.63) is 35.1 Å². The summed E-state index contributed by atoms with van der Waals surface area (Å²) < 4.78 is 17.8. The van der Waals surface area contributed by atoms with E-state index in [0.717, 1.165) is 0 Å². The van der Waals surface area contributed by atoms with Crippen molar-refractivity contribution in [1.82, 2.24) is 0 Å². The first kappa shape index (κ1) is 8.19. The van der Waals surface area contributed by atoms with Gasteiger partial charge in [0.15, 0.2) is 0 Å². The number of hydrogen-bond acceptors (Lipinski definition) is 3. The van der Waals surface area contributed by atoms with Crippen molar-refractivity contribution < 1.29 is 13.9 Å². The molecule has 3 nitrogen and oxygen atoms in total. The van der Waals surface area contributed by atoms with Gasteiger partial charge in [-0.25, -0.2) is 9.18 Å². The third-order valence-electron chi connectivity index (χ3n) is 2.10. The van der Waals surface area contributed by atoms with E-state index in [2.05, 4.69) is 0 Å². The van der Waals surface area contributed by atoms with Crippen LogP contribution in [0.2, 0.25) is 0 Å². The van der Waals surface area contributed by atoms with Crippen LogP contribution < -0.4 is 5.73 Å². The number of ether oxygens (including phenoxy) is 1. The van der Waals surface area contributed by atoms with E-state index in [1.807, 2.05) is 0 Å². The van der Waals surface area contributed by atoms with Crippen LogP contribution >= 0.6 is 0 Å². The van der Waals surface area contributed by atoms with Gasteiger partial charge in [0.25, 0.3) is 0 Å². The maximum absolute atomic E-state index is 13.1. The number of hydrogen-bond donors (Lipinski definition) is 1. The summed E-state index contributed by atoms with van der Waals surface area (Å²) in [5.41, 5.74) is 6.43. The Morgan fingerprint density at radius 1 is 1.54 bits per heavy atom. The number of cyclic esters (lactones) is 1. The molecule has 0 fully saturated rings. The highest BCUT2D eigenvalue weighted by molar-refractivity contribution is 5.79. The molecule has 0 radical (unpaired) electrons. The van der Waals surface area contributed by atoms with Gasteiger partial charge in [-0.2, -0.15) is 0 Å². The number of halogens is 1. The van der Waals surface area contributed by atoms with Crippen molar-refractivity contribution in [3.8, 4) is 0 Å². The van der Waals surface area contributed by atoms with Gasteiger partial charge in [-0.15, -0.1) is 0 Å². The minimum Gasteiger partial charge on any atom is -0.459 e. The van der Waals surface area contributed by atoms with E-state index in [-0.39, 0.29) is 12.4 Å². The molecule has 1 atom stereocenters. The average Bonchev–Trinajstić information content (AvgIpc) is 2.12. The summed E-state index contributed by atoms with van der Waals surface area (Å²) in [6.07, 6.45) is 0. The SMILES string of the molecule is N[C@@H]1C(=O)OCc2c(F)cccc21. The smallest absolute Gasteiger partial charge is 0.327 e. The van der Waals surface area contributed by atoms with Gasteiger partial charge >= 0.3 is 5.97 Å². The van der Waals surface area contributed by atoms with Gasteiger partial charge in [-0.05, 0) is 11.6 Å². The lowest BCUT2D eigenvalue weighted by Crippen LogP contribution is -2.29. The standard InChI is InChI=1S/C9H8FNO2/c10-7-3-1-2-5-6(7)4-13-9(12)8(5)11/h1-3,8H,4,11H2/t8-/m0/s1. The second kappa shape index (κ2) is 2.81. The van der Waals surface area contributed by atoms with Crippen LogP contribution in [0.15, 0.2) is 18.2 Å². The van der Waals surface area contributed by atoms with Crippen LogP contribution in [-0.4, -0.2) is 5.97 Å². The molecule has 1 aliphatic rings. The van der Waals surface area contributed by atoms with Crippen molar-refractivity contribution in [2.45, 2.75) is 12.6 Å². The number of nitrogens with two attached hydrogens (primary N) is 1. The van der Waals surface area contributed by atoms with Gasteiger partial charge in [-0.3, -0.25) is 0 Å². The average molecular weight is 181 g/mol. The molecular formula is C9H8FNO2. The predicted molar refractivity (Wildman–Crippen MR) is 43.1 cm³/mol. The van der Waals surface area contributed by atoms with E-state index >= 15 is 0 Å². The number of carbonyl (C=O) groups excluding carboxylic acids is 1. The van der Waals surface area contributed by atoms with Gasteiger partial charge in [-0.1, -0.05) is 12.1 Å². The molecule has 68 valence electrons. The molecule has 4 heteroatoms. The summed E-state index contributed by atoms with van der Waals surface area (Å²) >= 11 is 0. The Hall–Kier alpha value is -1.42. The zero-order valence-electron chi connectivity index (χ0n) is 6.79. The largest absolute Gasteiger partial charge is 0.459 e. The fourth-order valence-corrected chi connectivity index (χ4v) is 1.38. The summed E-state index contributed by atoms with van der Waals surface area (Å²) in [6.45, 7) is -0.0193. The number of esters is 1. The third-order valence-corrected chi connectivity index (χ3v) is 2.10. The van der Waals surface area contributed by atoms with Crippen molar-refractivity contribution in [3.63, 3.8) is 0 Å². The van der Waals surface area contributed by atoms with Crippen LogP contribution in [0, 0.1) is 5.82 Å². The number of carbonyl (C=O) groups is 1. The van der Waals surface area contributed by atoms with Crippen LogP contribution in [0.4, 0.5) is 4.39 Å². The van der Waals surface area contributed by atoms with Crippen LogP contribution in [-0.2, 0) is 16.1 Å². The second-order valence-corrected chi connectivity index (χ2v) is 2.89. The maximum atomic E-state index is 13.1. The minimum atomic E-state index is -0.848. The quantitative estimate of drug-likeness (QED) is 0.604. The van der Waals surface area contributed by atoms with E-state index in [0.29, 0.717) is 11.1 Å². The molecule has 0 aromatic heterocycles. The fraction of sp³-hybridized carbons (Fsp3) is 0.222.